The summed E-state index contributed by atoms with van der Waals surface area (Å²) in [7, 11) is 1.70. The summed E-state index contributed by atoms with van der Waals surface area (Å²) in [5.41, 5.74) is 5.57. The van der Waals surface area contributed by atoms with Crippen LogP contribution in [0.3, 0.4) is 0 Å². The predicted molar refractivity (Wildman–Crippen MR) is 99.3 cm³/mol. The number of allylic oxidation sites excluding steroid dienone is 3. The second kappa shape index (κ2) is 5.23. The third-order valence-electron chi connectivity index (χ3n) is 7.95. The molecule has 4 atom stereocenters. The maximum atomic E-state index is 9.74. The number of fused-ring (bicyclic) bond motifs is 2. The van der Waals surface area contributed by atoms with Gasteiger partial charge in [-0.15, -0.1) is 0 Å². The molecule has 0 spiro atoms. The summed E-state index contributed by atoms with van der Waals surface area (Å²) >= 11 is 0. The third-order valence-corrected chi connectivity index (χ3v) is 7.95. The van der Waals surface area contributed by atoms with Gasteiger partial charge in [0.05, 0.1) is 13.7 Å². The van der Waals surface area contributed by atoms with Crippen LogP contribution in [-0.4, -0.2) is 18.8 Å². The molecule has 24 heavy (non-hydrogen) atoms. The van der Waals surface area contributed by atoms with Gasteiger partial charge in [0, 0.05) is 16.2 Å². The first kappa shape index (κ1) is 17.3. The molecule has 0 aliphatic heterocycles. The number of methoxy groups -OCH3 is 1. The van der Waals surface area contributed by atoms with Crippen molar-refractivity contribution in [3.8, 4) is 5.75 Å². The van der Waals surface area contributed by atoms with Crippen molar-refractivity contribution in [2.24, 2.45) is 16.7 Å². The van der Waals surface area contributed by atoms with E-state index in [1.165, 1.54) is 22.3 Å². The van der Waals surface area contributed by atoms with Gasteiger partial charge in [0.2, 0.25) is 0 Å². The third kappa shape index (κ3) is 1.65. The molecule has 1 N–H and O–H groups in total. The van der Waals surface area contributed by atoms with E-state index >= 15 is 0 Å². The maximum Gasteiger partial charge on any atom is 0.118 e. The van der Waals surface area contributed by atoms with E-state index in [-0.39, 0.29) is 22.9 Å². The molecule has 2 aliphatic carbocycles. The molecule has 2 heteroatoms. The van der Waals surface area contributed by atoms with Gasteiger partial charge in [0.15, 0.2) is 0 Å². The van der Waals surface area contributed by atoms with Crippen molar-refractivity contribution in [2.45, 2.75) is 47.0 Å². The van der Waals surface area contributed by atoms with Gasteiger partial charge < -0.3 is 9.84 Å². The second-order valence-electron chi connectivity index (χ2n) is 8.03. The van der Waals surface area contributed by atoms with E-state index in [4.69, 9.17) is 4.74 Å². The molecular formula is C22H30O2. The Labute approximate surface area is 146 Å². The van der Waals surface area contributed by atoms with E-state index in [1.54, 1.807) is 7.11 Å². The predicted octanol–water partition coefficient (Wildman–Crippen LogP) is 4.88. The minimum atomic E-state index is -0.125. The summed E-state index contributed by atoms with van der Waals surface area (Å²) < 4.78 is 5.34. The van der Waals surface area contributed by atoms with Crippen molar-refractivity contribution in [2.75, 3.05) is 13.7 Å². The average molecular weight is 326 g/mol. The lowest BCUT2D eigenvalue weighted by molar-refractivity contribution is 0.198. The summed E-state index contributed by atoms with van der Waals surface area (Å²) in [4.78, 5) is 0. The summed E-state index contributed by atoms with van der Waals surface area (Å²) in [6.07, 6.45) is 2.06. The van der Waals surface area contributed by atoms with E-state index in [2.05, 4.69) is 59.8 Å². The molecule has 0 radical (unpaired) electrons. The number of benzene rings is 1. The lowest BCUT2D eigenvalue weighted by atomic mass is 9.56. The zero-order chi connectivity index (χ0) is 17.9. The monoisotopic (exact) mass is 326 g/mol. The van der Waals surface area contributed by atoms with Crippen molar-refractivity contribution >= 4 is 0 Å². The van der Waals surface area contributed by atoms with Crippen LogP contribution in [0.1, 0.15) is 47.1 Å². The minimum Gasteiger partial charge on any atom is -0.497 e. The van der Waals surface area contributed by atoms with E-state index in [9.17, 15) is 5.11 Å². The van der Waals surface area contributed by atoms with Crippen LogP contribution in [0, 0.1) is 16.7 Å². The van der Waals surface area contributed by atoms with Gasteiger partial charge in [-0.2, -0.15) is 0 Å². The molecular weight excluding hydrogens is 296 g/mol. The highest BCUT2D eigenvalue weighted by atomic mass is 16.5. The largest absolute Gasteiger partial charge is 0.497 e. The van der Waals surface area contributed by atoms with Crippen LogP contribution in [0.4, 0.5) is 0 Å². The Morgan fingerprint density at radius 2 is 1.67 bits per heavy atom. The number of aliphatic hydroxyl groups is 1. The zero-order valence-electron chi connectivity index (χ0n) is 16.0. The van der Waals surface area contributed by atoms with E-state index in [0.29, 0.717) is 5.92 Å². The van der Waals surface area contributed by atoms with Gasteiger partial charge in [-0.1, -0.05) is 62.6 Å². The minimum absolute atomic E-state index is 0.0102. The standard InChI is InChI=1S/C22H30O2/c1-14-15(2)21(5)16(3)20(14,4)19(12-13-23)22(21,6)17-8-10-18(24-7)11-9-17/h8-12,16,23H,13H2,1-7H3/b19-12-/t16-,20+,21-,22-/m0/s1. The number of aliphatic hydroxyl groups excluding tert-OH is 1. The summed E-state index contributed by atoms with van der Waals surface area (Å²) in [5.74, 6) is 1.38. The van der Waals surface area contributed by atoms with Crippen molar-refractivity contribution in [1.29, 1.82) is 0 Å². The Bertz CT molecular complexity index is 727. The Hall–Kier alpha value is -1.54. The van der Waals surface area contributed by atoms with Crippen molar-refractivity contribution < 1.29 is 9.84 Å². The quantitative estimate of drug-likeness (QED) is 0.802. The van der Waals surface area contributed by atoms with Crippen molar-refractivity contribution in [3.63, 3.8) is 0 Å². The number of hydrogen-bond acceptors (Lipinski definition) is 2. The first-order valence-corrected chi connectivity index (χ1v) is 8.85. The Balaban J connectivity index is 2.31. The van der Waals surface area contributed by atoms with E-state index in [1.807, 2.05) is 12.1 Å². The SMILES string of the molecule is COc1ccc([C@@]2(C)/C(=C\CO)[C@]3(C)C(C)=C(C)[C@@]2(C)[C@H]3C)cc1. The second-order valence-corrected chi connectivity index (χ2v) is 8.03. The van der Waals surface area contributed by atoms with Gasteiger partial charge in [0.1, 0.15) is 5.75 Å². The number of ether oxygens (including phenoxy) is 1. The fraction of sp³-hybridized carbons (Fsp3) is 0.545. The molecule has 1 aromatic carbocycles. The fourth-order valence-electron chi connectivity index (χ4n) is 5.94. The average Bonchev–Trinajstić information content (AvgIpc) is 2.81. The molecule has 0 unspecified atom stereocenters. The van der Waals surface area contributed by atoms with Gasteiger partial charge >= 0.3 is 0 Å². The molecule has 2 aliphatic rings. The lowest BCUT2D eigenvalue weighted by Gasteiger charge is -2.47. The lowest BCUT2D eigenvalue weighted by Crippen LogP contribution is -2.42. The Morgan fingerprint density at radius 1 is 1.08 bits per heavy atom. The molecule has 1 saturated carbocycles. The molecule has 0 saturated heterocycles. The molecule has 0 amide bonds. The van der Waals surface area contributed by atoms with Crippen LogP contribution in [0.25, 0.3) is 0 Å². The Morgan fingerprint density at radius 3 is 2.17 bits per heavy atom. The highest BCUT2D eigenvalue weighted by Crippen LogP contribution is 2.76. The van der Waals surface area contributed by atoms with E-state index in [0.717, 1.165) is 5.75 Å². The topological polar surface area (TPSA) is 29.5 Å². The highest BCUT2D eigenvalue weighted by molar-refractivity contribution is 5.60. The molecule has 130 valence electrons. The van der Waals surface area contributed by atoms with Crippen LogP contribution in [0.5, 0.6) is 5.75 Å². The van der Waals surface area contributed by atoms with Gasteiger partial charge in [-0.05, 0) is 37.5 Å². The highest BCUT2D eigenvalue weighted by Gasteiger charge is 2.70. The van der Waals surface area contributed by atoms with Crippen molar-refractivity contribution in [3.05, 3.63) is 52.6 Å². The Kier molecular flexibility index (Phi) is 3.76. The number of hydrogen-bond donors (Lipinski definition) is 1. The normalized spacial score (nSPS) is 39.8. The summed E-state index contributed by atoms with van der Waals surface area (Å²) in [6.45, 7) is 14.2. The van der Waals surface area contributed by atoms with Gasteiger partial charge in [-0.3, -0.25) is 0 Å². The van der Waals surface area contributed by atoms with Crippen LogP contribution in [0.2, 0.25) is 0 Å². The first-order valence-electron chi connectivity index (χ1n) is 8.85. The number of rotatable bonds is 3. The van der Waals surface area contributed by atoms with Crippen molar-refractivity contribution in [1.82, 2.24) is 0 Å². The fourth-order valence-corrected chi connectivity index (χ4v) is 5.94. The molecule has 2 nitrogen and oxygen atoms in total. The molecule has 2 bridgehead atoms. The van der Waals surface area contributed by atoms with Crippen LogP contribution in [0.15, 0.2) is 47.1 Å². The van der Waals surface area contributed by atoms with Crippen LogP contribution >= 0.6 is 0 Å². The molecule has 1 aromatic rings. The zero-order valence-corrected chi connectivity index (χ0v) is 16.0. The first-order chi connectivity index (χ1) is 11.2. The summed E-state index contributed by atoms with van der Waals surface area (Å²) in [5, 5.41) is 9.74. The van der Waals surface area contributed by atoms with Crippen LogP contribution in [-0.2, 0) is 5.41 Å². The maximum absolute atomic E-state index is 9.74. The molecule has 0 aromatic heterocycles. The van der Waals surface area contributed by atoms with Gasteiger partial charge in [-0.25, -0.2) is 0 Å². The van der Waals surface area contributed by atoms with Crippen LogP contribution < -0.4 is 4.74 Å². The molecule has 0 heterocycles. The molecule has 3 rings (SSSR count). The molecule has 1 fully saturated rings. The summed E-state index contributed by atoms with van der Waals surface area (Å²) in [6, 6.07) is 8.47. The van der Waals surface area contributed by atoms with E-state index < -0.39 is 0 Å². The van der Waals surface area contributed by atoms with Gasteiger partial charge in [0.25, 0.3) is 0 Å². The smallest absolute Gasteiger partial charge is 0.118 e.